The predicted octanol–water partition coefficient (Wildman–Crippen LogP) is 35.5. The normalized spacial score (nSPS) is 11.7. The van der Waals surface area contributed by atoms with Crippen molar-refractivity contribution in [3.63, 3.8) is 0 Å². The Hall–Kier alpha value is -18.6. The molecule has 7 aromatic heterocycles. The third kappa shape index (κ3) is 13.3. The van der Waals surface area contributed by atoms with Crippen LogP contribution in [0.3, 0.4) is 0 Å². The number of benzene rings is 22. The molecule has 0 aliphatic heterocycles. The van der Waals surface area contributed by atoms with Crippen LogP contribution in [-0.4, -0.2) is 27.4 Å². The lowest BCUT2D eigenvalue weighted by molar-refractivity contribution is 0.670. The average Bonchev–Trinajstić information content (AvgIpc) is 1.56. The van der Waals surface area contributed by atoms with Crippen LogP contribution in [-0.2, 0) is 0 Å². The molecule has 650 valence electrons. The number of fused-ring (bicyclic) bond motifs is 24. The Morgan fingerprint density at radius 3 is 0.741 bits per heavy atom. The summed E-state index contributed by atoms with van der Waals surface area (Å²) in [6, 6.07) is 188. The number of nitrogens with zero attached hydrogens (tertiary/aromatic N) is 6. The second kappa shape index (κ2) is 33.3. The maximum atomic E-state index is 6.38. The lowest BCUT2D eigenvalue weighted by Crippen LogP contribution is -1.97. The van der Waals surface area contributed by atoms with Gasteiger partial charge in [-0.1, -0.05) is 376 Å². The molecular formula is C132H86N6O. The Bertz CT molecular complexity index is 9720. The van der Waals surface area contributed by atoms with Crippen molar-refractivity contribution < 1.29 is 4.42 Å². The van der Waals surface area contributed by atoms with E-state index in [1.807, 2.05) is 12.1 Å². The van der Waals surface area contributed by atoms with Crippen molar-refractivity contribution in [3.8, 4) is 101 Å². The zero-order chi connectivity index (χ0) is 91.5. The van der Waals surface area contributed by atoms with E-state index in [-0.39, 0.29) is 0 Å². The largest absolute Gasteiger partial charge is 0.455 e. The molecule has 0 aliphatic rings. The van der Waals surface area contributed by atoms with Crippen LogP contribution >= 0.6 is 0 Å². The quantitative estimate of drug-likeness (QED) is 0.120. The first kappa shape index (κ1) is 80.1. The average molecular weight is 1770 g/mol. The van der Waals surface area contributed by atoms with Gasteiger partial charge in [0, 0.05) is 115 Å². The lowest BCUT2D eigenvalue weighted by atomic mass is 9.98. The predicted molar refractivity (Wildman–Crippen MR) is 585 cm³/mol. The van der Waals surface area contributed by atoms with Crippen LogP contribution < -0.4 is 0 Å². The summed E-state index contributed by atoms with van der Waals surface area (Å²) in [5.74, 6) is 0. The number of para-hydroxylation sites is 10. The first-order chi connectivity index (χ1) is 69.0. The van der Waals surface area contributed by atoms with E-state index < -0.39 is 0 Å². The summed E-state index contributed by atoms with van der Waals surface area (Å²) in [6.45, 7) is 0. The molecule has 0 atom stereocenters. The second-order valence-corrected chi connectivity index (χ2v) is 36.1. The zero-order valence-electron chi connectivity index (χ0n) is 75.7. The summed E-state index contributed by atoms with van der Waals surface area (Å²) >= 11 is 0. The summed E-state index contributed by atoms with van der Waals surface area (Å²) in [6.07, 6.45) is 0. The van der Waals surface area contributed by atoms with Crippen molar-refractivity contribution in [2.24, 2.45) is 0 Å². The van der Waals surface area contributed by atoms with E-state index in [0.29, 0.717) is 0 Å². The van der Waals surface area contributed by atoms with Gasteiger partial charge in [0.2, 0.25) is 0 Å². The van der Waals surface area contributed by atoms with Gasteiger partial charge in [-0.3, -0.25) is 0 Å². The molecule has 0 fully saturated rings. The Balaban J connectivity index is 0.000000105. The molecule has 0 amide bonds. The molecule has 0 radical (unpaired) electrons. The summed E-state index contributed by atoms with van der Waals surface area (Å²) in [4.78, 5) is 0. The highest BCUT2D eigenvalue weighted by Gasteiger charge is 2.27. The molecule has 0 spiro atoms. The molecule has 0 saturated carbocycles. The molecule has 7 nitrogen and oxygen atoms in total. The third-order valence-electron chi connectivity index (χ3n) is 28.3. The van der Waals surface area contributed by atoms with Crippen molar-refractivity contribution in [1.82, 2.24) is 27.4 Å². The van der Waals surface area contributed by atoms with Gasteiger partial charge in [0.1, 0.15) is 11.2 Å². The van der Waals surface area contributed by atoms with Crippen LogP contribution in [0, 0.1) is 0 Å². The summed E-state index contributed by atoms with van der Waals surface area (Å²) in [7, 11) is 0. The molecule has 0 saturated heterocycles. The third-order valence-corrected chi connectivity index (χ3v) is 28.3. The van der Waals surface area contributed by atoms with Gasteiger partial charge in [-0.25, -0.2) is 0 Å². The minimum Gasteiger partial charge on any atom is -0.455 e. The molecule has 0 unspecified atom stereocenters. The molecule has 7 heterocycles. The van der Waals surface area contributed by atoms with E-state index in [0.717, 1.165) is 67.2 Å². The monoisotopic (exact) mass is 1770 g/mol. The van der Waals surface area contributed by atoms with Crippen LogP contribution in [0.15, 0.2) is 526 Å². The Morgan fingerprint density at radius 2 is 0.381 bits per heavy atom. The fraction of sp³-hybridized carbons (Fsp3) is 0. The molecule has 29 rings (SSSR count). The molecule has 139 heavy (non-hydrogen) atoms. The van der Waals surface area contributed by atoms with Crippen LogP contribution in [0.2, 0.25) is 0 Å². The van der Waals surface area contributed by atoms with E-state index in [2.05, 4.69) is 537 Å². The fourth-order valence-electron chi connectivity index (χ4n) is 22.2. The number of furan rings is 1. The molecule has 0 N–H and O–H groups in total. The summed E-state index contributed by atoms with van der Waals surface area (Å²) in [5, 5.41) is 17.4. The van der Waals surface area contributed by atoms with Crippen LogP contribution in [0.5, 0.6) is 0 Å². The van der Waals surface area contributed by atoms with E-state index in [4.69, 9.17) is 4.42 Å². The first-order valence-electron chi connectivity index (χ1n) is 47.7. The standard InChI is InChI=1S/C48H32N2.C42H26N2O.C42H28N2/c1-4-14-33(15-5-1)36-24-26-39(27-25-36)50-44-22-12-10-20-41(44)42-28-29-46-47(48(42)50)43-21-11-13-23-45(43)49(46)40-31-37(34-16-6-2-7-17-34)30-38(32-40)35-18-8-3-9-19-35;1-2-11-28(12-3-1)43-37-19-8-5-15-35(37)40-38(43)26-25-33-31-13-4-7-18-36(31)44(41(33)40)29-23-21-27(22-24-29)30-16-10-17-34-32-14-6-9-20-39(32)45-42(30)34;1-4-14-29(15-5-1)31-26-32(30-16-6-2-7-17-30)28-34(27-31)44-38-22-12-10-20-35(38)36-24-25-40-41(42(36)44)37-21-11-13-23-39(37)43(40)33-18-8-3-9-19-33/h1-32H;1-26H;1-28H. The van der Waals surface area contributed by atoms with E-state index >= 15 is 0 Å². The first-order valence-corrected chi connectivity index (χ1v) is 47.7. The molecule has 0 aliphatic carbocycles. The van der Waals surface area contributed by atoms with Crippen LogP contribution in [0.1, 0.15) is 0 Å². The molecular weight excluding hydrogens is 1690 g/mol. The molecule has 29 aromatic rings. The van der Waals surface area contributed by atoms with E-state index in [1.165, 1.54) is 186 Å². The van der Waals surface area contributed by atoms with Gasteiger partial charge < -0.3 is 31.8 Å². The van der Waals surface area contributed by atoms with Gasteiger partial charge in [0.25, 0.3) is 0 Å². The van der Waals surface area contributed by atoms with Crippen LogP contribution in [0.4, 0.5) is 0 Å². The SMILES string of the molecule is c1ccc(-c2cc(-c3ccccc3)cc(-n3c4ccccc4c4ccc5c(c6ccccc6n5-c5ccccc5)c43)c2)cc1.c1ccc(-c2ccc(-n3c4ccccc4c4ccc5c(c6ccccc6n5-c5cc(-c6ccccc6)cc(-c6ccccc6)c5)c43)cc2)cc1.c1ccc(-n2c3ccccc3c3c2ccc2c4ccccc4n(-c4ccc(-c5cccc6c5oc5ccccc56)cc4)c23)cc1. The number of rotatable bonds is 12. The van der Waals surface area contributed by atoms with Crippen molar-refractivity contribution in [2.45, 2.75) is 0 Å². The minimum atomic E-state index is 0.917. The van der Waals surface area contributed by atoms with Gasteiger partial charge in [-0.15, -0.1) is 0 Å². The number of hydrogen-bond acceptors (Lipinski definition) is 1. The van der Waals surface area contributed by atoms with Gasteiger partial charge in [-0.05, 0) is 207 Å². The van der Waals surface area contributed by atoms with Crippen LogP contribution in [0.25, 0.3) is 254 Å². The zero-order valence-corrected chi connectivity index (χ0v) is 75.7. The Labute approximate surface area is 801 Å². The van der Waals surface area contributed by atoms with Crippen molar-refractivity contribution in [2.75, 3.05) is 0 Å². The lowest BCUT2D eigenvalue weighted by Gasteiger charge is -2.15. The fourth-order valence-corrected chi connectivity index (χ4v) is 22.2. The second-order valence-electron chi connectivity index (χ2n) is 36.1. The highest BCUT2D eigenvalue weighted by molar-refractivity contribution is 6.30. The van der Waals surface area contributed by atoms with Gasteiger partial charge in [0.05, 0.1) is 66.2 Å². The van der Waals surface area contributed by atoms with Gasteiger partial charge in [0.15, 0.2) is 0 Å². The number of aromatic nitrogens is 6. The topological polar surface area (TPSA) is 42.7 Å². The van der Waals surface area contributed by atoms with Gasteiger partial charge >= 0.3 is 0 Å². The molecule has 7 heteroatoms. The van der Waals surface area contributed by atoms with Crippen molar-refractivity contribution in [1.29, 1.82) is 0 Å². The summed E-state index contributed by atoms with van der Waals surface area (Å²) < 4.78 is 21.0. The minimum absolute atomic E-state index is 0.917. The Morgan fingerprint density at radius 1 is 0.129 bits per heavy atom. The smallest absolute Gasteiger partial charge is 0.143 e. The number of hydrogen-bond donors (Lipinski definition) is 0. The van der Waals surface area contributed by atoms with Crippen molar-refractivity contribution >= 4 is 153 Å². The van der Waals surface area contributed by atoms with Crippen molar-refractivity contribution in [3.05, 3.63) is 522 Å². The highest BCUT2D eigenvalue weighted by Crippen LogP contribution is 2.49. The van der Waals surface area contributed by atoms with Gasteiger partial charge in [-0.2, -0.15) is 0 Å². The van der Waals surface area contributed by atoms with E-state index in [9.17, 15) is 0 Å². The maximum absolute atomic E-state index is 6.38. The summed E-state index contributed by atoms with van der Waals surface area (Å²) in [5.41, 5.74) is 37.5. The highest BCUT2D eigenvalue weighted by atomic mass is 16.3. The Kier molecular flexibility index (Phi) is 19.2. The van der Waals surface area contributed by atoms with E-state index in [1.54, 1.807) is 0 Å². The molecule has 0 bridgehead atoms. The molecule has 22 aromatic carbocycles. The maximum Gasteiger partial charge on any atom is 0.143 e.